The van der Waals surface area contributed by atoms with Crippen LogP contribution in [0.5, 0.6) is 0 Å². The average Bonchev–Trinajstić information content (AvgIpc) is 2.24. The maximum atomic E-state index is 11.7. The lowest BCUT2D eigenvalue weighted by molar-refractivity contribution is 0.211. The quantitative estimate of drug-likeness (QED) is 0.525. The molecule has 0 unspecified atom stereocenters. The zero-order chi connectivity index (χ0) is 11.7. The molecule has 0 aromatic heterocycles. The van der Waals surface area contributed by atoms with E-state index in [4.69, 9.17) is 5.26 Å². The summed E-state index contributed by atoms with van der Waals surface area (Å²) in [6.07, 6.45) is 11.5. The van der Waals surface area contributed by atoms with E-state index in [0.717, 1.165) is 4.90 Å². The van der Waals surface area contributed by atoms with Gasteiger partial charge in [-0.3, -0.25) is 4.90 Å². The van der Waals surface area contributed by atoms with Crippen LogP contribution in [0, 0.1) is 11.5 Å². The van der Waals surface area contributed by atoms with Crippen molar-refractivity contribution in [3.8, 4) is 6.19 Å². The Kier molecular flexibility index (Phi) is 6.39. The van der Waals surface area contributed by atoms with E-state index in [2.05, 4.69) is 0 Å². The normalized spacial score (nSPS) is 11.1. The summed E-state index contributed by atoms with van der Waals surface area (Å²) >= 11 is 0. The number of rotatable bonds is 3. The van der Waals surface area contributed by atoms with Crippen LogP contribution in [0.25, 0.3) is 0 Å². The summed E-state index contributed by atoms with van der Waals surface area (Å²) in [6, 6.07) is -0.410. The fourth-order valence-electron chi connectivity index (χ4n) is 0.912. The Balaban J connectivity index is 4.84. The molecule has 0 fully saturated rings. The molecular formula is C11H15N3O. The Morgan fingerprint density at radius 3 is 1.87 bits per heavy atom. The highest BCUT2D eigenvalue weighted by Crippen LogP contribution is 2.01. The van der Waals surface area contributed by atoms with Gasteiger partial charge in [0.05, 0.1) is 0 Å². The third-order valence-electron chi connectivity index (χ3n) is 1.45. The monoisotopic (exact) mass is 205 g/mol. The van der Waals surface area contributed by atoms with Crippen LogP contribution in [0.2, 0.25) is 0 Å². The van der Waals surface area contributed by atoms with Gasteiger partial charge in [-0.1, -0.05) is 18.2 Å². The van der Waals surface area contributed by atoms with Crippen LogP contribution in [-0.2, 0) is 0 Å². The van der Waals surface area contributed by atoms with Crippen molar-refractivity contribution in [2.45, 2.75) is 20.8 Å². The number of carbonyl (C=O) groups is 1. The molecule has 2 amide bonds. The van der Waals surface area contributed by atoms with E-state index < -0.39 is 6.03 Å². The third-order valence-corrected chi connectivity index (χ3v) is 1.45. The molecule has 0 N–H and O–H groups in total. The summed E-state index contributed by atoms with van der Waals surface area (Å²) < 4.78 is 0. The molecule has 0 saturated carbocycles. The lowest BCUT2D eigenvalue weighted by Crippen LogP contribution is -2.31. The van der Waals surface area contributed by atoms with E-state index >= 15 is 0 Å². The van der Waals surface area contributed by atoms with Gasteiger partial charge in [0, 0.05) is 18.6 Å². The molecule has 0 aliphatic carbocycles. The lowest BCUT2D eigenvalue weighted by Gasteiger charge is -2.16. The van der Waals surface area contributed by atoms with Crippen molar-refractivity contribution in [3.63, 3.8) is 0 Å². The Labute approximate surface area is 90.4 Å². The van der Waals surface area contributed by atoms with Crippen molar-refractivity contribution < 1.29 is 4.79 Å². The maximum absolute atomic E-state index is 11.7. The molecule has 0 rings (SSSR count). The second-order valence-corrected chi connectivity index (χ2v) is 2.61. The summed E-state index contributed by atoms with van der Waals surface area (Å²) in [6.45, 7) is 5.35. The van der Waals surface area contributed by atoms with Gasteiger partial charge in [0.15, 0.2) is 6.19 Å². The third kappa shape index (κ3) is 4.14. The van der Waals surface area contributed by atoms with Gasteiger partial charge in [-0.05, 0) is 20.8 Å². The molecule has 4 heteroatoms. The molecule has 0 saturated heterocycles. The molecule has 4 nitrogen and oxygen atoms in total. The van der Waals surface area contributed by atoms with Crippen LogP contribution < -0.4 is 0 Å². The molecule has 0 aromatic rings. The average molecular weight is 205 g/mol. The molecule has 0 spiro atoms. The Hall–Kier alpha value is -2.02. The first-order valence-electron chi connectivity index (χ1n) is 4.61. The molecule has 80 valence electrons. The topological polar surface area (TPSA) is 47.3 Å². The first kappa shape index (κ1) is 13.0. The van der Waals surface area contributed by atoms with Gasteiger partial charge in [0.25, 0.3) is 0 Å². The van der Waals surface area contributed by atoms with Crippen molar-refractivity contribution in [3.05, 3.63) is 36.8 Å². The van der Waals surface area contributed by atoms with Crippen LogP contribution in [0.3, 0.4) is 0 Å². The van der Waals surface area contributed by atoms with Crippen LogP contribution in [0.1, 0.15) is 20.8 Å². The summed E-state index contributed by atoms with van der Waals surface area (Å²) in [7, 11) is 0. The minimum absolute atomic E-state index is 0.410. The van der Waals surface area contributed by atoms with Crippen LogP contribution >= 0.6 is 0 Å². The minimum Gasteiger partial charge on any atom is -0.276 e. The second kappa shape index (κ2) is 7.39. The number of hydrogen-bond donors (Lipinski definition) is 0. The predicted molar refractivity (Wildman–Crippen MR) is 59.1 cm³/mol. The molecule has 0 bridgehead atoms. The predicted octanol–water partition coefficient (Wildman–Crippen LogP) is 2.79. The number of nitrogens with zero attached hydrogens (tertiary/aromatic N) is 3. The fourth-order valence-corrected chi connectivity index (χ4v) is 0.912. The number of amides is 2. The second-order valence-electron chi connectivity index (χ2n) is 2.61. The molecule has 0 aromatic carbocycles. The van der Waals surface area contributed by atoms with Gasteiger partial charge < -0.3 is 0 Å². The van der Waals surface area contributed by atoms with E-state index in [9.17, 15) is 4.79 Å². The largest absolute Gasteiger partial charge is 0.345 e. The van der Waals surface area contributed by atoms with E-state index in [-0.39, 0.29) is 0 Å². The van der Waals surface area contributed by atoms with E-state index in [1.54, 1.807) is 57.6 Å². The molecule has 0 heterocycles. The van der Waals surface area contributed by atoms with Crippen molar-refractivity contribution in [2.75, 3.05) is 0 Å². The maximum Gasteiger partial charge on any atom is 0.345 e. The Morgan fingerprint density at radius 2 is 1.53 bits per heavy atom. The van der Waals surface area contributed by atoms with E-state index in [1.807, 2.05) is 0 Å². The van der Waals surface area contributed by atoms with E-state index in [1.165, 1.54) is 11.1 Å². The zero-order valence-electron chi connectivity index (χ0n) is 9.21. The smallest absolute Gasteiger partial charge is 0.276 e. The molecule has 0 aliphatic heterocycles. The van der Waals surface area contributed by atoms with Crippen LogP contribution in [0.4, 0.5) is 4.79 Å². The molecular weight excluding hydrogens is 190 g/mol. The standard InChI is InChI=1S/C11H15N3O/c1-4-7-13(8-5-2)11(15)14(10-12)9-6-3/h4-9H,1-3H3. The number of nitriles is 1. The van der Waals surface area contributed by atoms with Crippen LogP contribution in [-0.4, -0.2) is 15.8 Å². The van der Waals surface area contributed by atoms with E-state index in [0.29, 0.717) is 0 Å². The lowest BCUT2D eigenvalue weighted by atomic mass is 10.5. The van der Waals surface area contributed by atoms with Gasteiger partial charge in [-0.25, -0.2) is 9.69 Å². The number of urea groups is 1. The molecule has 0 atom stereocenters. The summed E-state index contributed by atoms with van der Waals surface area (Å²) in [5.41, 5.74) is 0. The van der Waals surface area contributed by atoms with Gasteiger partial charge in [-0.15, -0.1) is 0 Å². The highest BCUT2D eigenvalue weighted by atomic mass is 16.2. The Bertz CT molecular complexity index is 311. The van der Waals surface area contributed by atoms with Crippen molar-refractivity contribution in [2.24, 2.45) is 0 Å². The van der Waals surface area contributed by atoms with Crippen molar-refractivity contribution in [1.82, 2.24) is 9.80 Å². The highest BCUT2D eigenvalue weighted by Gasteiger charge is 2.14. The first-order valence-corrected chi connectivity index (χ1v) is 4.61. The Morgan fingerprint density at radius 1 is 1.07 bits per heavy atom. The zero-order valence-corrected chi connectivity index (χ0v) is 9.21. The molecule has 15 heavy (non-hydrogen) atoms. The molecule has 0 aliphatic rings. The SMILES string of the molecule is CC=CN(C#N)C(=O)N(C=CC)C=CC. The molecule has 0 radical (unpaired) electrons. The number of allylic oxidation sites excluding steroid dienone is 3. The van der Waals surface area contributed by atoms with Crippen LogP contribution in [0.15, 0.2) is 36.8 Å². The summed E-state index contributed by atoms with van der Waals surface area (Å²) in [5.74, 6) is 0. The fraction of sp³-hybridized carbons (Fsp3) is 0.273. The van der Waals surface area contributed by atoms with Gasteiger partial charge >= 0.3 is 6.03 Å². The summed E-state index contributed by atoms with van der Waals surface area (Å²) in [5, 5.41) is 8.74. The first-order chi connectivity index (χ1) is 7.21. The highest BCUT2D eigenvalue weighted by molar-refractivity contribution is 5.79. The number of hydrogen-bond acceptors (Lipinski definition) is 2. The summed E-state index contributed by atoms with van der Waals surface area (Å²) in [4.78, 5) is 14.0. The van der Waals surface area contributed by atoms with Gasteiger partial charge in [-0.2, -0.15) is 5.26 Å². The minimum atomic E-state index is -0.410. The van der Waals surface area contributed by atoms with Gasteiger partial charge in [0.1, 0.15) is 0 Å². The van der Waals surface area contributed by atoms with Crippen molar-refractivity contribution in [1.29, 1.82) is 5.26 Å². The van der Waals surface area contributed by atoms with Crippen molar-refractivity contribution >= 4 is 6.03 Å². The number of carbonyl (C=O) groups excluding carboxylic acids is 1. The van der Waals surface area contributed by atoms with Gasteiger partial charge in [0.2, 0.25) is 0 Å².